The number of carbonyl (C=O) groups excluding carboxylic acids is 2. The first-order chi connectivity index (χ1) is 10.4. The molecule has 0 aliphatic heterocycles. The fraction of sp³-hybridized carbons (Fsp3) is 0.143. The molecule has 4 N–H and O–H groups in total. The number of urea groups is 1. The molecule has 0 aliphatic rings. The maximum absolute atomic E-state index is 13.5. The molecule has 0 radical (unpaired) electrons. The Bertz CT molecular complexity index is 731. The fourth-order valence-corrected chi connectivity index (χ4v) is 2.74. The Labute approximate surface area is 129 Å². The van der Waals surface area contributed by atoms with Crippen molar-refractivity contribution in [1.82, 2.24) is 0 Å². The molecule has 0 unspecified atom stereocenters. The highest BCUT2D eigenvalue weighted by Crippen LogP contribution is 2.28. The molecule has 1 aromatic heterocycles. The zero-order chi connectivity index (χ0) is 16.3. The van der Waals surface area contributed by atoms with Crippen LogP contribution in [0.2, 0.25) is 0 Å². The third-order valence-electron chi connectivity index (χ3n) is 2.80. The number of primary amides is 1. The lowest BCUT2D eigenvalue weighted by molar-refractivity contribution is 0.100. The molecule has 2 rings (SSSR count). The summed E-state index contributed by atoms with van der Waals surface area (Å²) < 4.78 is 26.3. The van der Waals surface area contributed by atoms with Gasteiger partial charge in [0.1, 0.15) is 16.6 Å². The Morgan fingerprint density at radius 2 is 1.95 bits per heavy atom. The number of rotatable bonds is 4. The lowest BCUT2D eigenvalue weighted by Gasteiger charge is -2.08. The molecule has 116 valence electrons. The van der Waals surface area contributed by atoms with Gasteiger partial charge in [-0.25, -0.2) is 13.6 Å². The first kappa shape index (κ1) is 15.9. The van der Waals surface area contributed by atoms with Crippen LogP contribution in [0.5, 0.6) is 0 Å². The molecule has 5 nitrogen and oxygen atoms in total. The maximum Gasteiger partial charge on any atom is 0.324 e. The van der Waals surface area contributed by atoms with Gasteiger partial charge in [-0.15, -0.1) is 11.3 Å². The number of hydrogen-bond acceptors (Lipinski definition) is 3. The van der Waals surface area contributed by atoms with Crippen molar-refractivity contribution in [2.45, 2.75) is 13.3 Å². The van der Waals surface area contributed by atoms with Crippen LogP contribution in [-0.2, 0) is 6.42 Å². The first-order valence-corrected chi connectivity index (χ1v) is 7.18. The summed E-state index contributed by atoms with van der Waals surface area (Å²) in [5, 5.41) is 4.97. The minimum atomic E-state index is -0.897. The minimum Gasteiger partial charge on any atom is -0.366 e. The standard InChI is InChI=1S/C14H13F2N3O2S/c1-2-8-6-9(12(17)20)13(22-8)19-14(21)18-11-4-3-7(15)5-10(11)16/h3-6H,2H2,1H3,(H2,17,20)(H2,18,19,21). The Hall–Kier alpha value is -2.48. The topological polar surface area (TPSA) is 84.2 Å². The molecule has 0 saturated heterocycles. The SMILES string of the molecule is CCc1cc(C(N)=O)c(NC(=O)Nc2ccc(F)cc2F)s1. The highest BCUT2D eigenvalue weighted by Gasteiger charge is 2.16. The number of nitrogens with two attached hydrogens (primary N) is 1. The summed E-state index contributed by atoms with van der Waals surface area (Å²) in [5.74, 6) is -2.31. The summed E-state index contributed by atoms with van der Waals surface area (Å²) >= 11 is 1.21. The van der Waals surface area contributed by atoms with Gasteiger partial charge in [-0.3, -0.25) is 10.1 Å². The van der Waals surface area contributed by atoms with E-state index in [0.29, 0.717) is 12.5 Å². The van der Waals surface area contributed by atoms with Crippen molar-refractivity contribution in [3.63, 3.8) is 0 Å². The number of anilines is 2. The van der Waals surface area contributed by atoms with E-state index in [2.05, 4.69) is 10.6 Å². The van der Waals surface area contributed by atoms with E-state index in [1.807, 2.05) is 6.92 Å². The van der Waals surface area contributed by atoms with Gasteiger partial charge in [0.05, 0.1) is 11.3 Å². The zero-order valence-electron chi connectivity index (χ0n) is 11.6. The molecule has 0 spiro atoms. The highest BCUT2D eigenvalue weighted by atomic mass is 32.1. The molecule has 0 saturated carbocycles. The summed E-state index contributed by atoms with van der Waals surface area (Å²) in [6.45, 7) is 1.90. The van der Waals surface area contributed by atoms with Crippen LogP contribution in [-0.4, -0.2) is 11.9 Å². The lowest BCUT2D eigenvalue weighted by atomic mass is 10.2. The van der Waals surface area contributed by atoms with Crippen LogP contribution < -0.4 is 16.4 Å². The largest absolute Gasteiger partial charge is 0.366 e. The Balaban J connectivity index is 2.15. The lowest BCUT2D eigenvalue weighted by Crippen LogP contribution is -2.21. The molecular formula is C14H13F2N3O2S. The molecule has 3 amide bonds. The fourth-order valence-electron chi connectivity index (χ4n) is 1.74. The van der Waals surface area contributed by atoms with E-state index >= 15 is 0 Å². The molecule has 1 heterocycles. The van der Waals surface area contributed by atoms with Crippen molar-refractivity contribution >= 4 is 34.0 Å². The van der Waals surface area contributed by atoms with E-state index in [9.17, 15) is 18.4 Å². The summed E-state index contributed by atoms with van der Waals surface area (Å²) in [6.07, 6.45) is 0.681. The van der Waals surface area contributed by atoms with Gasteiger partial charge in [0.15, 0.2) is 0 Å². The number of aryl methyl sites for hydroxylation is 1. The van der Waals surface area contributed by atoms with Crippen molar-refractivity contribution in [2.75, 3.05) is 10.6 Å². The summed E-state index contributed by atoms with van der Waals surface area (Å²) in [6, 6.07) is 3.63. The summed E-state index contributed by atoms with van der Waals surface area (Å²) in [5.41, 5.74) is 5.26. The number of thiophene rings is 1. The molecular weight excluding hydrogens is 312 g/mol. The Morgan fingerprint density at radius 1 is 1.23 bits per heavy atom. The Morgan fingerprint density at radius 3 is 2.55 bits per heavy atom. The van der Waals surface area contributed by atoms with Gasteiger partial charge in [0.25, 0.3) is 5.91 Å². The van der Waals surface area contributed by atoms with E-state index in [0.717, 1.165) is 17.0 Å². The van der Waals surface area contributed by atoms with E-state index in [1.54, 1.807) is 6.07 Å². The molecule has 22 heavy (non-hydrogen) atoms. The molecule has 1 aromatic carbocycles. The van der Waals surface area contributed by atoms with Crippen LogP contribution in [0.15, 0.2) is 24.3 Å². The van der Waals surface area contributed by atoms with E-state index in [1.165, 1.54) is 11.3 Å². The molecule has 0 aliphatic carbocycles. The number of nitrogens with one attached hydrogen (secondary N) is 2. The van der Waals surface area contributed by atoms with Crippen LogP contribution in [0, 0.1) is 11.6 Å². The van der Waals surface area contributed by atoms with Gasteiger partial charge in [-0.1, -0.05) is 6.92 Å². The molecule has 0 atom stereocenters. The number of benzene rings is 1. The van der Waals surface area contributed by atoms with Gasteiger partial charge in [0.2, 0.25) is 0 Å². The monoisotopic (exact) mass is 325 g/mol. The normalized spacial score (nSPS) is 10.3. The van der Waals surface area contributed by atoms with Crippen LogP contribution >= 0.6 is 11.3 Å². The molecule has 2 aromatic rings. The average molecular weight is 325 g/mol. The van der Waals surface area contributed by atoms with E-state index in [-0.39, 0.29) is 16.3 Å². The third kappa shape index (κ3) is 3.59. The average Bonchev–Trinajstić information content (AvgIpc) is 2.85. The second-order valence-corrected chi connectivity index (χ2v) is 5.51. The van der Waals surface area contributed by atoms with Crippen molar-refractivity contribution in [1.29, 1.82) is 0 Å². The van der Waals surface area contributed by atoms with Crippen molar-refractivity contribution in [3.8, 4) is 0 Å². The van der Waals surface area contributed by atoms with Crippen molar-refractivity contribution in [3.05, 3.63) is 46.3 Å². The zero-order valence-corrected chi connectivity index (χ0v) is 12.4. The van der Waals surface area contributed by atoms with E-state index < -0.39 is 23.6 Å². The molecule has 0 fully saturated rings. The first-order valence-electron chi connectivity index (χ1n) is 6.36. The predicted octanol–water partition coefficient (Wildman–Crippen LogP) is 3.33. The summed E-state index contributed by atoms with van der Waals surface area (Å²) in [7, 11) is 0. The van der Waals surface area contributed by atoms with E-state index in [4.69, 9.17) is 5.73 Å². The van der Waals surface area contributed by atoms with Crippen LogP contribution in [0.1, 0.15) is 22.2 Å². The summed E-state index contributed by atoms with van der Waals surface area (Å²) in [4.78, 5) is 24.1. The van der Waals surface area contributed by atoms with Gasteiger partial charge < -0.3 is 11.1 Å². The van der Waals surface area contributed by atoms with Crippen LogP contribution in [0.4, 0.5) is 24.3 Å². The van der Waals surface area contributed by atoms with Gasteiger partial charge in [0, 0.05) is 10.9 Å². The van der Waals surface area contributed by atoms with Gasteiger partial charge in [-0.2, -0.15) is 0 Å². The molecule has 8 heteroatoms. The maximum atomic E-state index is 13.5. The third-order valence-corrected chi connectivity index (χ3v) is 4.00. The smallest absolute Gasteiger partial charge is 0.324 e. The van der Waals surface area contributed by atoms with Crippen LogP contribution in [0.3, 0.4) is 0 Å². The molecule has 0 bridgehead atoms. The predicted molar refractivity (Wildman–Crippen MR) is 81.2 cm³/mol. The highest BCUT2D eigenvalue weighted by molar-refractivity contribution is 7.16. The van der Waals surface area contributed by atoms with Gasteiger partial charge >= 0.3 is 6.03 Å². The number of halogens is 2. The van der Waals surface area contributed by atoms with Crippen LogP contribution in [0.25, 0.3) is 0 Å². The number of carbonyl (C=O) groups is 2. The number of amides is 3. The van der Waals surface area contributed by atoms with Crippen molar-refractivity contribution in [2.24, 2.45) is 5.73 Å². The quantitative estimate of drug-likeness (QED) is 0.805. The van der Waals surface area contributed by atoms with Gasteiger partial charge in [-0.05, 0) is 24.6 Å². The van der Waals surface area contributed by atoms with Crippen molar-refractivity contribution < 1.29 is 18.4 Å². The second-order valence-electron chi connectivity index (χ2n) is 4.38. The number of hydrogen-bond donors (Lipinski definition) is 3. The minimum absolute atomic E-state index is 0.174. The Kier molecular flexibility index (Phi) is 4.71. The second kappa shape index (κ2) is 6.52.